The normalized spacial score (nSPS) is 19.5. The predicted molar refractivity (Wildman–Crippen MR) is 115 cm³/mol. The van der Waals surface area contributed by atoms with Gasteiger partial charge in [0.15, 0.2) is 0 Å². The maximum atomic E-state index is 14.1. The summed E-state index contributed by atoms with van der Waals surface area (Å²) in [6.45, 7) is 2.17. The maximum Gasteiger partial charge on any atom is 0.420 e. The third-order valence-corrected chi connectivity index (χ3v) is 6.24. The number of unbranched alkanes of at least 4 members (excludes halogenated alkanes) is 3. The number of aliphatic carboxylic acids is 1. The Bertz CT molecular complexity index is 883. The summed E-state index contributed by atoms with van der Waals surface area (Å²) in [5.74, 6) is -0.259. The van der Waals surface area contributed by atoms with Gasteiger partial charge in [-0.25, -0.2) is 0 Å². The summed E-state index contributed by atoms with van der Waals surface area (Å²) in [5, 5.41) is 9.50. The SMILES string of the molecule is CC1CCC(Oc2ccc3c(CCCCCCC(=O)O)cccc3c2C(F)(F)F)CC1. The lowest BCUT2D eigenvalue weighted by atomic mass is 9.89. The number of carboxylic acid groups (broad SMARTS) is 1. The van der Waals surface area contributed by atoms with E-state index in [1.807, 2.05) is 6.07 Å². The second-order valence-electron chi connectivity index (χ2n) is 8.76. The van der Waals surface area contributed by atoms with Crippen LogP contribution in [0.15, 0.2) is 30.3 Å². The number of aryl methyl sites for hydroxylation is 1. The molecule has 1 fully saturated rings. The number of rotatable bonds is 9. The first kappa shape index (κ1) is 23.4. The molecule has 0 atom stereocenters. The highest BCUT2D eigenvalue weighted by molar-refractivity contribution is 5.91. The zero-order chi connectivity index (χ0) is 22.4. The van der Waals surface area contributed by atoms with Crippen molar-refractivity contribution in [3.05, 3.63) is 41.5 Å². The van der Waals surface area contributed by atoms with Gasteiger partial charge in [-0.05, 0) is 73.3 Å². The third kappa shape index (κ3) is 6.37. The van der Waals surface area contributed by atoms with Gasteiger partial charge < -0.3 is 9.84 Å². The Kier molecular flexibility index (Phi) is 7.84. The fourth-order valence-electron chi connectivity index (χ4n) is 4.48. The van der Waals surface area contributed by atoms with Crippen LogP contribution in [0.1, 0.15) is 75.8 Å². The van der Waals surface area contributed by atoms with Crippen molar-refractivity contribution in [1.82, 2.24) is 0 Å². The van der Waals surface area contributed by atoms with Crippen molar-refractivity contribution >= 4 is 16.7 Å². The molecular weight excluding hydrogens is 405 g/mol. The summed E-state index contributed by atoms with van der Waals surface area (Å²) in [4.78, 5) is 10.6. The summed E-state index contributed by atoms with van der Waals surface area (Å²) in [7, 11) is 0. The average Bonchev–Trinajstić information content (AvgIpc) is 2.71. The third-order valence-electron chi connectivity index (χ3n) is 6.24. The van der Waals surface area contributed by atoms with Crippen molar-refractivity contribution in [3.63, 3.8) is 0 Å². The standard InChI is InChI=1S/C25H31F3O3/c1-17-11-13-19(14-12-17)31-22-16-15-20-18(7-4-2-3-5-10-23(29)30)8-6-9-21(20)24(22)25(26,27)28/h6,8-9,15-17,19H,2-5,7,10-14H2,1H3,(H,29,30). The summed E-state index contributed by atoms with van der Waals surface area (Å²) in [6, 6.07) is 8.33. The molecule has 1 N–H and O–H groups in total. The number of ether oxygens (including phenoxy) is 1. The smallest absolute Gasteiger partial charge is 0.420 e. The predicted octanol–water partition coefficient (Wildman–Crippen LogP) is 7.39. The van der Waals surface area contributed by atoms with Gasteiger partial charge in [0.05, 0.1) is 6.10 Å². The Balaban J connectivity index is 1.78. The van der Waals surface area contributed by atoms with Gasteiger partial charge in [-0.2, -0.15) is 13.2 Å². The summed E-state index contributed by atoms with van der Waals surface area (Å²) >= 11 is 0. The van der Waals surface area contributed by atoms with Crippen LogP contribution in [0.2, 0.25) is 0 Å². The van der Waals surface area contributed by atoms with Gasteiger partial charge in [-0.1, -0.05) is 44.0 Å². The first-order chi connectivity index (χ1) is 14.8. The summed E-state index contributed by atoms with van der Waals surface area (Å²) in [5.41, 5.74) is 0.214. The molecule has 0 amide bonds. The fourth-order valence-corrected chi connectivity index (χ4v) is 4.48. The van der Waals surface area contributed by atoms with Crippen LogP contribution >= 0.6 is 0 Å². The first-order valence-electron chi connectivity index (χ1n) is 11.3. The molecule has 1 aliphatic rings. The number of benzene rings is 2. The Morgan fingerprint density at radius 2 is 1.71 bits per heavy atom. The van der Waals surface area contributed by atoms with Crippen LogP contribution < -0.4 is 4.74 Å². The van der Waals surface area contributed by atoms with Crippen molar-refractivity contribution in [2.75, 3.05) is 0 Å². The molecule has 0 aliphatic heterocycles. The van der Waals surface area contributed by atoms with Gasteiger partial charge in [-0.3, -0.25) is 4.79 Å². The molecule has 1 saturated carbocycles. The molecule has 31 heavy (non-hydrogen) atoms. The molecule has 0 aromatic heterocycles. The minimum absolute atomic E-state index is 0.0645. The zero-order valence-electron chi connectivity index (χ0n) is 18.0. The molecule has 0 heterocycles. The van der Waals surface area contributed by atoms with Gasteiger partial charge in [0.2, 0.25) is 0 Å². The van der Waals surface area contributed by atoms with Crippen molar-refractivity contribution in [2.24, 2.45) is 5.92 Å². The molecule has 170 valence electrons. The highest BCUT2D eigenvalue weighted by Crippen LogP contribution is 2.43. The van der Waals surface area contributed by atoms with Crippen LogP contribution in [-0.2, 0) is 17.4 Å². The number of halogens is 3. The molecule has 6 heteroatoms. The Morgan fingerprint density at radius 3 is 2.39 bits per heavy atom. The first-order valence-corrected chi connectivity index (χ1v) is 11.3. The van der Waals surface area contributed by atoms with Crippen LogP contribution in [0.3, 0.4) is 0 Å². The molecule has 0 spiro atoms. The van der Waals surface area contributed by atoms with E-state index in [-0.39, 0.29) is 23.7 Å². The second kappa shape index (κ2) is 10.4. The molecule has 3 nitrogen and oxygen atoms in total. The summed E-state index contributed by atoms with van der Waals surface area (Å²) in [6.07, 6.45) is 2.83. The van der Waals surface area contributed by atoms with E-state index in [9.17, 15) is 18.0 Å². The van der Waals surface area contributed by atoms with Gasteiger partial charge in [0, 0.05) is 6.42 Å². The Hall–Kier alpha value is -2.24. The van der Waals surface area contributed by atoms with Gasteiger partial charge >= 0.3 is 12.1 Å². The average molecular weight is 437 g/mol. The van der Waals surface area contributed by atoms with Crippen molar-refractivity contribution in [3.8, 4) is 5.75 Å². The molecule has 2 aromatic carbocycles. The van der Waals surface area contributed by atoms with E-state index in [1.165, 1.54) is 12.1 Å². The van der Waals surface area contributed by atoms with E-state index in [0.717, 1.165) is 50.5 Å². The molecule has 0 saturated heterocycles. The monoisotopic (exact) mass is 436 g/mol. The molecular formula is C25H31F3O3. The number of hydrogen-bond donors (Lipinski definition) is 1. The number of carbonyl (C=O) groups is 1. The zero-order valence-corrected chi connectivity index (χ0v) is 18.0. The largest absolute Gasteiger partial charge is 0.490 e. The molecule has 0 radical (unpaired) electrons. The highest BCUT2D eigenvalue weighted by Gasteiger charge is 2.37. The molecule has 0 bridgehead atoms. The van der Waals surface area contributed by atoms with Crippen LogP contribution in [0.5, 0.6) is 5.75 Å². The minimum Gasteiger partial charge on any atom is -0.490 e. The highest BCUT2D eigenvalue weighted by atomic mass is 19.4. The quantitative estimate of drug-likeness (QED) is 0.417. The Morgan fingerprint density at radius 1 is 1.00 bits per heavy atom. The molecule has 2 aromatic rings. The van der Waals surface area contributed by atoms with E-state index in [4.69, 9.17) is 9.84 Å². The summed E-state index contributed by atoms with van der Waals surface area (Å²) < 4.78 is 48.1. The fraction of sp³-hybridized carbons (Fsp3) is 0.560. The number of fused-ring (bicyclic) bond motifs is 1. The molecule has 3 rings (SSSR count). The lowest BCUT2D eigenvalue weighted by molar-refractivity contribution is -0.138. The van der Waals surface area contributed by atoms with Crippen molar-refractivity contribution in [2.45, 2.75) is 83.4 Å². The van der Waals surface area contributed by atoms with E-state index in [0.29, 0.717) is 24.1 Å². The van der Waals surface area contributed by atoms with Gasteiger partial charge in [0.1, 0.15) is 11.3 Å². The van der Waals surface area contributed by atoms with E-state index in [1.54, 1.807) is 12.1 Å². The number of hydrogen-bond acceptors (Lipinski definition) is 2. The van der Waals surface area contributed by atoms with E-state index < -0.39 is 17.7 Å². The van der Waals surface area contributed by atoms with Crippen molar-refractivity contribution in [1.29, 1.82) is 0 Å². The Labute approximate surface area is 181 Å². The van der Waals surface area contributed by atoms with Gasteiger partial charge in [0.25, 0.3) is 0 Å². The van der Waals surface area contributed by atoms with Gasteiger partial charge in [-0.15, -0.1) is 0 Å². The van der Waals surface area contributed by atoms with Crippen molar-refractivity contribution < 1.29 is 27.8 Å². The molecule has 0 unspecified atom stereocenters. The van der Waals surface area contributed by atoms with Crippen LogP contribution in [0, 0.1) is 5.92 Å². The van der Waals surface area contributed by atoms with Crippen LogP contribution in [0.4, 0.5) is 13.2 Å². The maximum absolute atomic E-state index is 14.1. The second-order valence-corrected chi connectivity index (χ2v) is 8.76. The van der Waals surface area contributed by atoms with Crippen LogP contribution in [-0.4, -0.2) is 17.2 Å². The lowest BCUT2D eigenvalue weighted by Gasteiger charge is -2.28. The minimum atomic E-state index is -4.49. The topological polar surface area (TPSA) is 46.5 Å². The lowest BCUT2D eigenvalue weighted by Crippen LogP contribution is -2.24. The van der Waals surface area contributed by atoms with E-state index >= 15 is 0 Å². The van der Waals surface area contributed by atoms with E-state index in [2.05, 4.69) is 6.92 Å². The van der Waals surface area contributed by atoms with Crippen LogP contribution in [0.25, 0.3) is 10.8 Å². The number of carboxylic acids is 1. The number of alkyl halides is 3. The molecule has 1 aliphatic carbocycles.